The molecule has 7 nitrogen and oxygen atoms in total. The fourth-order valence-corrected chi connectivity index (χ4v) is 6.16. The summed E-state index contributed by atoms with van der Waals surface area (Å²) in [6, 6.07) is 20.7. The molecule has 4 aromatic rings. The van der Waals surface area contributed by atoms with Gasteiger partial charge in [-0.1, -0.05) is 36.4 Å². The first-order valence-electron chi connectivity index (χ1n) is 11.8. The number of esters is 2. The summed E-state index contributed by atoms with van der Waals surface area (Å²) in [7, 11) is 0. The minimum atomic E-state index is -1.34. The van der Waals surface area contributed by atoms with E-state index in [1.54, 1.807) is 18.3 Å². The third-order valence-corrected chi connectivity index (χ3v) is 7.56. The van der Waals surface area contributed by atoms with Crippen LogP contribution < -0.4 is 4.74 Å². The Kier molecular flexibility index (Phi) is 7.03. The molecule has 1 atom stereocenters. The Bertz CT molecular complexity index is 1560. The minimum Gasteiger partial charge on any atom is -0.486 e. The molecule has 192 valence electrons. The van der Waals surface area contributed by atoms with E-state index in [2.05, 4.69) is 42.9 Å². The number of carbonyl (C=O) groups excluding carboxylic acids is 2. The van der Waals surface area contributed by atoms with Crippen LogP contribution in [0.3, 0.4) is 0 Å². The SMILES string of the molecule is CC1(C)OC(=O)C([C@@H](c2cc(Br)c(OCc3ccccc3C#N)c(Br)c2)c2c[nH]c3ccccc23)C(=O)O1. The number of halogens is 2. The van der Waals surface area contributed by atoms with Crippen LogP contribution in [0.25, 0.3) is 10.9 Å². The Morgan fingerprint density at radius 2 is 1.66 bits per heavy atom. The first-order valence-corrected chi connectivity index (χ1v) is 13.4. The molecule has 0 radical (unpaired) electrons. The van der Waals surface area contributed by atoms with E-state index in [0.29, 0.717) is 25.8 Å². The summed E-state index contributed by atoms with van der Waals surface area (Å²) in [5.74, 6) is -4.04. The zero-order valence-electron chi connectivity index (χ0n) is 20.5. The summed E-state index contributed by atoms with van der Waals surface area (Å²) in [4.78, 5) is 29.7. The Balaban J connectivity index is 1.57. The van der Waals surface area contributed by atoms with Gasteiger partial charge >= 0.3 is 11.9 Å². The predicted molar refractivity (Wildman–Crippen MR) is 147 cm³/mol. The van der Waals surface area contributed by atoms with E-state index in [4.69, 9.17) is 14.2 Å². The second kappa shape index (κ2) is 10.3. The number of rotatable bonds is 6. The van der Waals surface area contributed by atoms with Gasteiger partial charge in [0, 0.05) is 42.4 Å². The lowest BCUT2D eigenvalue weighted by atomic mass is 9.80. The molecule has 0 spiro atoms. The number of nitrogens with one attached hydrogen (secondary N) is 1. The number of hydrogen-bond donors (Lipinski definition) is 1. The van der Waals surface area contributed by atoms with Gasteiger partial charge in [0.2, 0.25) is 0 Å². The van der Waals surface area contributed by atoms with Crippen molar-refractivity contribution in [3.63, 3.8) is 0 Å². The van der Waals surface area contributed by atoms with Crippen molar-refractivity contribution in [3.8, 4) is 11.8 Å². The van der Waals surface area contributed by atoms with Gasteiger partial charge in [-0.2, -0.15) is 5.26 Å². The molecule has 38 heavy (non-hydrogen) atoms. The largest absolute Gasteiger partial charge is 0.486 e. The number of cyclic esters (lactones) is 2. The predicted octanol–water partition coefficient (Wildman–Crippen LogP) is 6.73. The topological polar surface area (TPSA) is 101 Å². The minimum absolute atomic E-state index is 0.183. The van der Waals surface area contributed by atoms with Crippen molar-refractivity contribution in [3.05, 3.63) is 98.1 Å². The average Bonchev–Trinajstić information content (AvgIpc) is 3.29. The number of H-pyrrole nitrogens is 1. The standard InChI is InChI=1S/C29H22Br2N2O5/c1-29(2)37-27(34)25(28(35)38-29)24(20-14-33-23-10-6-5-9-19(20)23)18-11-21(30)26(22(31)12-18)36-15-17-8-4-3-7-16(17)13-32/h3-12,14,24-25,33H,15H2,1-2H3/t24-/m0/s1. The quantitative estimate of drug-likeness (QED) is 0.186. The average molecular weight is 638 g/mol. The molecule has 2 heterocycles. The molecule has 0 saturated carbocycles. The molecule has 9 heteroatoms. The van der Waals surface area contributed by atoms with Crippen LogP contribution in [0.15, 0.2) is 75.8 Å². The summed E-state index contributed by atoms with van der Waals surface area (Å²) in [6.07, 6.45) is 1.81. The number of benzene rings is 3. The fourth-order valence-electron chi connectivity index (χ4n) is 4.71. The molecule has 0 unspecified atom stereocenters. The van der Waals surface area contributed by atoms with Gasteiger partial charge in [-0.3, -0.25) is 9.59 Å². The lowest BCUT2D eigenvalue weighted by Crippen LogP contribution is -2.48. The van der Waals surface area contributed by atoms with Gasteiger partial charge in [0.15, 0.2) is 5.92 Å². The number of aromatic nitrogens is 1. The van der Waals surface area contributed by atoms with Crippen molar-refractivity contribution < 1.29 is 23.8 Å². The van der Waals surface area contributed by atoms with Gasteiger partial charge in [-0.25, -0.2) is 0 Å². The van der Waals surface area contributed by atoms with Crippen LogP contribution in [0.5, 0.6) is 5.75 Å². The smallest absolute Gasteiger partial charge is 0.324 e. The van der Waals surface area contributed by atoms with E-state index in [1.165, 1.54) is 13.8 Å². The molecule has 0 aliphatic carbocycles. The number of ether oxygens (including phenoxy) is 3. The summed E-state index contributed by atoms with van der Waals surface area (Å²) in [5.41, 5.74) is 3.60. The maximum Gasteiger partial charge on any atom is 0.324 e. The number of hydrogen-bond acceptors (Lipinski definition) is 6. The van der Waals surface area contributed by atoms with Crippen LogP contribution in [0.2, 0.25) is 0 Å². The molecular weight excluding hydrogens is 616 g/mol. The van der Waals surface area contributed by atoms with E-state index in [9.17, 15) is 14.9 Å². The maximum atomic E-state index is 13.2. The maximum absolute atomic E-state index is 13.2. The van der Waals surface area contributed by atoms with E-state index in [1.807, 2.05) is 48.5 Å². The first-order chi connectivity index (χ1) is 18.2. The van der Waals surface area contributed by atoms with E-state index in [-0.39, 0.29) is 6.61 Å². The highest BCUT2D eigenvalue weighted by molar-refractivity contribution is 9.11. The summed E-state index contributed by atoms with van der Waals surface area (Å²) in [6.45, 7) is 3.25. The van der Waals surface area contributed by atoms with Crippen LogP contribution in [0.4, 0.5) is 0 Å². The van der Waals surface area contributed by atoms with Crippen molar-refractivity contribution in [1.82, 2.24) is 4.98 Å². The van der Waals surface area contributed by atoms with Gasteiger partial charge in [0.25, 0.3) is 5.79 Å². The molecule has 1 aliphatic heterocycles. The van der Waals surface area contributed by atoms with Gasteiger partial charge in [-0.05, 0) is 67.3 Å². The van der Waals surface area contributed by atoms with Crippen LogP contribution in [-0.2, 0) is 25.7 Å². The van der Waals surface area contributed by atoms with E-state index in [0.717, 1.165) is 22.0 Å². The molecule has 1 aromatic heterocycles. The van der Waals surface area contributed by atoms with E-state index >= 15 is 0 Å². The van der Waals surface area contributed by atoms with Crippen LogP contribution in [-0.4, -0.2) is 22.7 Å². The van der Waals surface area contributed by atoms with Crippen LogP contribution in [0, 0.1) is 17.2 Å². The normalized spacial score (nSPS) is 16.0. The number of aromatic amines is 1. The summed E-state index contributed by atoms with van der Waals surface area (Å²) in [5, 5.41) is 10.3. The number of para-hydroxylation sites is 1. The van der Waals surface area contributed by atoms with Gasteiger partial charge in [0.05, 0.1) is 20.6 Å². The zero-order chi connectivity index (χ0) is 27.0. The number of nitrogens with zero attached hydrogens (tertiary/aromatic N) is 1. The summed E-state index contributed by atoms with van der Waals surface area (Å²) >= 11 is 7.20. The van der Waals surface area contributed by atoms with Crippen molar-refractivity contribution in [2.75, 3.05) is 0 Å². The van der Waals surface area contributed by atoms with Crippen molar-refractivity contribution in [2.24, 2.45) is 5.92 Å². The Labute approximate surface area is 236 Å². The third-order valence-electron chi connectivity index (χ3n) is 6.38. The highest BCUT2D eigenvalue weighted by atomic mass is 79.9. The van der Waals surface area contributed by atoms with Crippen LogP contribution >= 0.6 is 31.9 Å². The zero-order valence-corrected chi connectivity index (χ0v) is 23.6. The fraction of sp³-hybridized carbons (Fsp3) is 0.207. The third kappa shape index (κ3) is 4.94. The highest BCUT2D eigenvalue weighted by Crippen LogP contribution is 2.45. The van der Waals surface area contributed by atoms with Crippen molar-refractivity contribution >= 4 is 54.7 Å². The molecular formula is C29H22Br2N2O5. The van der Waals surface area contributed by atoms with Crippen LogP contribution in [0.1, 0.15) is 42.0 Å². The highest BCUT2D eigenvalue weighted by Gasteiger charge is 2.48. The van der Waals surface area contributed by atoms with Crippen molar-refractivity contribution in [2.45, 2.75) is 32.2 Å². The Morgan fingerprint density at radius 1 is 1.03 bits per heavy atom. The molecule has 0 bridgehead atoms. The van der Waals surface area contributed by atoms with E-state index < -0.39 is 29.6 Å². The van der Waals surface area contributed by atoms with Crippen molar-refractivity contribution in [1.29, 1.82) is 5.26 Å². The number of carbonyl (C=O) groups is 2. The van der Waals surface area contributed by atoms with Gasteiger partial charge in [-0.15, -0.1) is 0 Å². The second-order valence-corrected chi connectivity index (χ2v) is 11.1. The summed E-state index contributed by atoms with van der Waals surface area (Å²) < 4.78 is 18.3. The lowest BCUT2D eigenvalue weighted by molar-refractivity contribution is -0.240. The van der Waals surface area contributed by atoms with Gasteiger partial charge < -0.3 is 19.2 Å². The molecule has 5 rings (SSSR count). The molecule has 1 saturated heterocycles. The Morgan fingerprint density at radius 3 is 2.34 bits per heavy atom. The molecule has 0 amide bonds. The first kappa shape index (κ1) is 26.0. The second-order valence-electron chi connectivity index (χ2n) is 9.36. The molecule has 1 N–H and O–H groups in total. The number of nitriles is 1. The monoisotopic (exact) mass is 636 g/mol. The Hall–Kier alpha value is -3.61. The molecule has 1 fully saturated rings. The lowest BCUT2D eigenvalue weighted by Gasteiger charge is -2.36. The molecule has 1 aliphatic rings. The molecule has 3 aromatic carbocycles. The number of fused-ring (bicyclic) bond motifs is 1. The van der Waals surface area contributed by atoms with Gasteiger partial charge in [0.1, 0.15) is 12.4 Å².